The molecule has 6 heteroatoms. The van der Waals surface area contributed by atoms with Gasteiger partial charge in [-0.25, -0.2) is 4.98 Å². The third-order valence-electron chi connectivity index (χ3n) is 3.68. The van der Waals surface area contributed by atoms with Crippen molar-refractivity contribution in [2.75, 3.05) is 49.6 Å². The van der Waals surface area contributed by atoms with Gasteiger partial charge in [-0.2, -0.15) is 11.8 Å². The summed E-state index contributed by atoms with van der Waals surface area (Å²) in [6, 6.07) is 0.561. The maximum atomic E-state index is 5.94. The Morgan fingerprint density at radius 3 is 2.79 bits per heavy atom. The first-order valence-electron chi connectivity index (χ1n) is 6.92. The Hall–Kier alpha value is -0.300. The highest BCUT2D eigenvalue weighted by atomic mass is 32.2. The van der Waals surface area contributed by atoms with Gasteiger partial charge in [-0.05, 0) is 24.9 Å². The Bertz CT molecular complexity index is 336. The lowest BCUT2D eigenvalue weighted by Gasteiger charge is -2.39. The van der Waals surface area contributed by atoms with Crippen molar-refractivity contribution < 1.29 is 0 Å². The Balaban J connectivity index is 1.77. The fourth-order valence-corrected chi connectivity index (χ4v) is 3.72. The van der Waals surface area contributed by atoms with E-state index in [0.717, 1.165) is 37.9 Å². The molecule has 0 saturated carbocycles. The minimum absolute atomic E-state index is 0.561. The van der Waals surface area contributed by atoms with Crippen molar-refractivity contribution >= 4 is 28.2 Å². The van der Waals surface area contributed by atoms with Crippen LogP contribution in [0.15, 0.2) is 11.6 Å². The van der Waals surface area contributed by atoms with E-state index in [9.17, 15) is 0 Å². The molecule has 1 aromatic rings. The molecule has 2 N–H and O–H groups in total. The molecule has 2 heterocycles. The SMILES string of the molecule is CSCCCC(CN)N1CCN(c2nccs2)CC1. The predicted molar refractivity (Wildman–Crippen MR) is 86.4 cm³/mol. The molecular weight excluding hydrogens is 276 g/mol. The van der Waals surface area contributed by atoms with E-state index in [1.807, 2.05) is 23.3 Å². The lowest BCUT2D eigenvalue weighted by Crippen LogP contribution is -2.52. The fourth-order valence-electron chi connectivity index (χ4n) is 2.56. The van der Waals surface area contributed by atoms with Gasteiger partial charge in [-0.3, -0.25) is 4.90 Å². The third-order valence-corrected chi connectivity index (χ3v) is 5.21. The summed E-state index contributed by atoms with van der Waals surface area (Å²) in [6.45, 7) is 5.16. The normalized spacial score (nSPS) is 18.7. The van der Waals surface area contributed by atoms with E-state index in [2.05, 4.69) is 21.0 Å². The van der Waals surface area contributed by atoms with Gasteiger partial charge >= 0.3 is 0 Å². The van der Waals surface area contributed by atoms with Crippen LogP contribution in [-0.2, 0) is 0 Å². The number of hydrogen-bond donors (Lipinski definition) is 1. The van der Waals surface area contributed by atoms with Crippen molar-refractivity contribution in [1.82, 2.24) is 9.88 Å². The zero-order valence-corrected chi connectivity index (χ0v) is 13.3. The summed E-state index contributed by atoms with van der Waals surface area (Å²) in [5, 5.41) is 3.21. The quantitative estimate of drug-likeness (QED) is 0.777. The van der Waals surface area contributed by atoms with Crippen LogP contribution in [0, 0.1) is 0 Å². The number of aromatic nitrogens is 1. The number of thiazole rings is 1. The zero-order valence-electron chi connectivity index (χ0n) is 11.6. The highest BCUT2D eigenvalue weighted by molar-refractivity contribution is 7.98. The predicted octanol–water partition coefficient (Wildman–Crippen LogP) is 1.74. The van der Waals surface area contributed by atoms with Gasteiger partial charge in [0.15, 0.2) is 5.13 Å². The standard InChI is InChI=1S/C13H24N4S2/c1-18-9-2-3-12(11-14)16-5-7-17(8-6-16)13-15-4-10-19-13/h4,10,12H,2-3,5-9,11,14H2,1H3. The van der Waals surface area contributed by atoms with E-state index >= 15 is 0 Å². The van der Waals surface area contributed by atoms with Gasteiger partial charge in [0.05, 0.1) is 0 Å². The topological polar surface area (TPSA) is 45.4 Å². The van der Waals surface area contributed by atoms with Gasteiger partial charge in [0.25, 0.3) is 0 Å². The summed E-state index contributed by atoms with van der Waals surface area (Å²) < 4.78 is 0. The van der Waals surface area contributed by atoms with Crippen LogP contribution in [0.4, 0.5) is 5.13 Å². The molecule has 4 nitrogen and oxygen atoms in total. The van der Waals surface area contributed by atoms with Crippen LogP contribution in [0.1, 0.15) is 12.8 Å². The van der Waals surface area contributed by atoms with E-state index in [0.29, 0.717) is 6.04 Å². The molecule has 0 aliphatic carbocycles. The van der Waals surface area contributed by atoms with E-state index in [4.69, 9.17) is 5.73 Å². The van der Waals surface area contributed by atoms with Crippen molar-refractivity contribution in [2.45, 2.75) is 18.9 Å². The first kappa shape index (κ1) is 15.1. The first-order chi connectivity index (χ1) is 9.35. The zero-order chi connectivity index (χ0) is 13.5. The Morgan fingerprint density at radius 2 is 2.21 bits per heavy atom. The Kier molecular flexibility index (Phi) is 6.43. The average Bonchev–Trinajstić information content (AvgIpc) is 2.98. The lowest BCUT2D eigenvalue weighted by molar-refractivity contribution is 0.180. The molecular formula is C13H24N4S2. The Labute approximate surface area is 124 Å². The van der Waals surface area contributed by atoms with Crippen LogP contribution >= 0.6 is 23.1 Å². The van der Waals surface area contributed by atoms with Crippen molar-refractivity contribution in [3.63, 3.8) is 0 Å². The lowest BCUT2D eigenvalue weighted by atomic mass is 10.1. The number of nitrogens with two attached hydrogens (primary N) is 1. The molecule has 19 heavy (non-hydrogen) atoms. The first-order valence-corrected chi connectivity index (χ1v) is 9.20. The molecule has 1 aliphatic rings. The van der Waals surface area contributed by atoms with E-state index < -0.39 is 0 Å². The summed E-state index contributed by atoms with van der Waals surface area (Å²) in [7, 11) is 0. The molecule has 108 valence electrons. The number of hydrogen-bond acceptors (Lipinski definition) is 6. The molecule has 1 aliphatic heterocycles. The average molecular weight is 300 g/mol. The van der Waals surface area contributed by atoms with Gasteiger partial charge in [0.1, 0.15) is 0 Å². The highest BCUT2D eigenvalue weighted by Crippen LogP contribution is 2.20. The largest absolute Gasteiger partial charge is 0.346 e. The second kappa shape index (κ2) is 8.09. The van der Waals surface area contributed by atoms with E-state index in [1.54, 1.807) is 11.3 Å². The summed E-state index contributed by atoms with van der Waals surface area (Å²) in [5.41, 5.74) is 5.94. The highest BCUT2D eigenvalue weighted by Gasteiger charge is 2.23. The molecule has 0 aromatic carbocycles. The molecule has 0 radical (unpaired) electrons. The Morgan fingerprint density at radius 1 is 1.42 bits per heavy atom. The maximum absolute atomic E-state index is 5.94. The molecule has 0 amide bonds. The van der Waals surface area contributed by atoms with Crippen LogP contribution in [0.2, 0.25) is 0 Å². The number of rotatable bonds is 7. The second-order valence-corrected chi connectivity index (χ2v) is 6.72. The summed E-state index contributed by atoms with van der Waals surface area (Å²) in [4.78, 5) is 9.33. The van der Waals surface area contributed by atoms with Crippen LogP contribution in [0.5, 0.6) is 0 Å². The monoisotopic (exact) mass is 300 g/mol. The molecule has 1 atom stereocenters. The molecule has 0 spiro atoms. The molecule has 2 rings (SSSR count). The van der Waals surface area contributed by atoms with Gasteiger partial charge in [0.2, 0.25) is 0 Å². The number of thioether (sulfide) groups is 1. The second-order valence-electron chi connectivity index (χ2n) is 4.86. The molecule has 1 aromatic heterocycles. The van der Waals surface area contributed by atoms with Crippen LogP contribution in [0.3, 0.4) is 0 Å². The van der Waals surface area contributed by atoms with E-state index in [-0.39, 0.29) is 0 Å². The summed E-state index contributed by atoms with van der Waals surface area (Å²) in [5.74, 6) is 1.25. The van der Waals surface area contributed by atoms with Crippen molar-refractivity contribution in [2.24, 2.45) is 5.73 Å². The molecule has 1 fully saturated rings. The van der Waals surface area contributed by atoms with E-state index in [1.165, 1.54) is 18.6 Å². The third kappa shape index (κ3) is 4.34. The van der Waals surface area contributed by atoms with Crippen LogP contribution in [0.25, 0.3) is 0 Å². The summed E-state index contributed by atoms with van der Waals surface area (Å²) >= 11 is 3.66. The van der Waals surface area contributed by atoms with Crippen LogP contribution < -0.4 is 10.6 Å². The molecule has 1 unspecified atom stereocenters. The number of anilines is 1. The minimum atomic E-state index is 0.561. The van der Waals surface area contributed by atoms with Crippen molar-refractivity contribution in [3.05, 3.63) is 11.6 Å². The smallest absolute Gasteiger partial charge is 0.185 e. The van der Waals surface area contributed by atoms with Crippen LogP contribution in [-0.4, -0.2) is 60.7 Å². The molecule has 0 bridgehead atoms. The summed E-state index contributed by atoms with van der Waals surface area (Å²) in [6.07, 6.45) is 6.56. The van der Waals surface area contributed by atoms with Crippen molar-refractivity contribution in [3.8, 4) is 0 Å². The van der Waals surface area contributed by atoms with Gasteiger partial charge in [-0.1, -0.05) is 0 Å². The van der Waals surface area contributed by atoms with Crippen molar-refractivity contribution in [1.29, 1.82) is 0 Å². The number of piperazine rings is 1. The maximum Gasteiger partial charge on any atom is 0.185 e. The molecule has 1 saturated heterocycles. The fraction of sp³-hybridized carbons (Fsp3) is 0.769. The number of nitrogens with zero attached hydrogens (tertiary/aromatic N) is 3. The van der Waals surface area contributed by atoms with Gasteiger partial charge < -0.3 is 10.6 Å². The minimum Gasteiger partial charge on any atom is -0.346 e. The van der Waals surface area contributed by atoms with Gasteiger partial charge in [0, 0.05) is 50.3 Å². The van der Waals surface area contributed by atoms with Gasteiger partial charge in [-0.15, -0.1) is 11.3 Å².